The van der Waals surface area contributed by atoms with Gasteiger partial charge in [-0.15, -0.1) is 0 Å². The number of hydrogen-bond acceptors (Lipinski definition) is 5. The molecule has 6 heteroatoms. The van der Waals surface area contributed by atoms with Crippen LogP contribution < -0.4 is 9.47 Å². The van der Waals surface area contributed by atoms with Gasteiger partial charge >= 0.3 is 0 Å². The molecule has 0 bridgehead atoms. The standard InChI is InChI=1S/C29H37NO5/c1-7-9-10-16-30-25(19-12-11-13-21(17-19)35-8-2)24(27(32)28(30)33)26(31)20-14-15-23(34-6)22(18-20)29(3,4)5/h11-15,17-18,25,31H,7-10,16H2,1-6H3/b26-24+. The molecule has 0 saturated carbocycles. The zero-order chi connectivity index (χ0) is 25.8. The molecule has 1 N–H and O–H groups in total. The van der Waals surface area contributed by atoms with Crippen molar-refractivity contribution >= 4 is 17.4 Å². The van der Waals surface area contributed by atoms with Gasteiger partial charge in [-0.25, -0.2) is 0 Å². The van der Waals surface area contributed by atoms with Crippen molar-refractivity contribution in [2.24, 2.45) is 0 Å². The van der Waals surface area contributed by atoms with Crippen molar-refractivity contribution in [2.45, 2.75) is 65.3 Å². The van der Waals surface area contributed by atoms with Crippen LogP contribution in [0.4, 0.5) is 0 Å². The molecule has 1 atom stereocenters. The van der Waals surface area contributed by atoms with E-state index in [9.17, 15) is 14.7 Å². The largest absolute Gasteiger partial charge is 0.507 e. The number of benzene rings is 2. The molecule has 6 nitrogen and oxygen atoms in total. The number of aliphatic hydroxyl groups excluding tert-OH is 1. The van der Waals surface area contributed by atoms with Crippen molar-refractivity contribution in [1.29, 1.82) is 0 Å². The molecule has 1 aliphatic rings. The number of aliphatic hydroxyl groups is 1. The molecular weight excluding hydrogens is 442 g/mol. The zero-order valence-electron chi connectivity index (χ0n) is 21.7. The average Bonchev–Trinajstić information content (AvgIpc) is 3.08. The van der Waals surface area contributed by atoms with Crippen LogP contribution in [0.5, 0.6) is 11.5 Å². The fourth-order valence-corrected chi connectivity index (χ4v) is 4.53. The molecule has 1 amide bonds. The molecule has 0 aromatic heterocycles. The van der Waals surface area contributed by atoms with Crippen molar-refractivity contribution in [3.05, 3.63) is 64.7 Å². The van der Waals surface area contributed by atoms with E-state index in [1.807, 2.05) is 37.3 Å². The minimum Gasteiger partial charge on any atom is -0.507 e. The number of ether oxygens (including phenoxy) is 2. The third-order valence-electron chi connectivity index (χ3n) is 6.31. The summed E-state index contributed by atoms with van der Waals surface area (Å²) in [5.74, 6) is -0.0714. The average molecular weight is 480 g/mol. The Kier molecular flexibility index (Phi) is 8.26. The fraction of sp³-hybridized carbons (Fsp3) is 0.448. The van der Waals surface area contributed by atoms with Crippen LogP contribution in [0.3, 0.4) is 0 Å². The lowest BCUT2D eigenvalue weighted by molar-refractivity contribution is -0.139. The van der Waals surface area contributed by atoms with Crippen molar-refractivity contribution in [3.8, 4) is 11.5 Å². The topological polar surface area (TPSA) is 76.1 Å². The van der Waals surface area contributed by atoms with E-state index in [-0.39, 0.29) is 16.7 Å². The quantitative estimate of drug-likeness (QED) is 0.206. The second-order valence-corrected chi connectivity index (χ2v) is 9.87. The zero-order valence-corrected chi connectivity index (χ0v) is 21.7. The van der Waals surface area contributed by atoms with E-state index in [4.69, 9.17) is 9.47 Å². The van der Waals surface area contributed by atoms with Gasteiger partial charge in [0.2, 0.25) is 0 Å². The Morgan fingerprint density at radius 3 is 2.43 bits per heavy atom. The second kappa shape index (κ2) is 11.0. The van der Waals surface area contributed by atoms with Gasteiger partial charge in [0.25, 0.3) is 11.7 Å². The van der Waals surface area contributed by atoms with Crippen LogP contribution in [0, 0.1) is 0 Å². The molecule has 1 fully saturated rings. The number of methoxy groups -OCH3 is 1. The number of likely N-dealkylation sites (tertiary alicyclic amines) is 1. The normalized spacial score (nSPS) is 17.7. The first-order valence-corrected chi connectivity index (χ1v) is 12.3. The third kappa shape index (κ3) is 5.53. The summed E-state index contributed by atoms with van der Waals surface area (Å²) in [4.78, 5) is 28.0. The van der Waals surface area contributed by atoms with E-state index in [1.54, 1.807) is 24.1 Å². The van der Waals surface area contributed by atoms with Gasteiger partial charge in [-0.3, -0.25) is 9.59 Å². The van der Waals surface area contributed by atoms with Gasteiger partial charge in [-0.2, -0.15) is 0 Å². The molecule has 0 spiro atoms. The summed E-state index contributed by atoms with van der Waals surface area (Å²) in [6.45, 7) is 11.1. The predicted molar refractivity (Wildman–Crippen MR) is 138 cm³/mol. The van der Waals surface area contributed by atoms with Gasteiger partial charge < -0.3 is 19.5 Å². The van der Waals surface area contributed by atoms with Crippen LogP contribution in [-0.2, 0) is 15.0 Å². The first kappa shape index (κ1) is 26.3. The Morgan fingerprint density at radius 1 is 1.06 bits per heavy atom. The molecule has 1 unspecified atom stereocenters. The molecular formula is C29H37NO5. The molecule has 1 aliphatic heterocycles. The summed E-state index contributed by atoms with van der Waals surface area (Å²) in [5.41, 5.74) is 1.96. The van der Waals surface area contributed by atoms with Crippen molar-refractivity contribution < 1.29 is 24.2 Å². The van der Waals surface area contributed by atoms with Crippen LogP contribution in [0.2, 0.25) is 0 Å². The molecule has 3 rings (SSSR count). The number of rotatable bonds is 9. The number of carbonyl (C=O) groups excluding carboxylic acids is 2. The molecule has 1 saturated heterocycles. The highest BCUT2D eigenvalue weighted by Crippen LogP contribution is 2.41. The Bertz CT molecular complexity index is 1110. The van der Waals surface area contributed by atoms with E-state index < -0.39 is 17.7 Å². The minimum atomic E-state index is -0.688. The molecule has 0 aliphatic carbocycles. The minimum absolute atomic E-state index is 0.102. The summed E-state index contributed by atoms with van der Waals surface area (Å²) < 4.78 is 11.2. The van der Waals surface area contributed by atoms with Gasteiger partial charge in [0, 0.05) is 17.7 Å². The monoisotopic (exact) mass is 479 g/mol. The highest BCUT2D eigenvalue weighted by molar-refractivity contribution is 6.46. The van der Waals surface area contributed by atoms with Crippen molar-refractivity contribution in [1.82, 2.24) is 4.90 Å². The maximum absolute atomic E-state index is 13.3. The maximum Gasteiger partial charge on any atom is 0.295 e. The van der Waals surface area contributed by atoms with Crippen LogP contribution in [0.15, 0.2) is 48.0 Å². The number of hydrogen-bond donors (Lipinski definition) is 1. The van der Waals surface area contributed by atoms with E-state index in [2.05, 4.69) is 27.7 Å². The summed E-state index contributed by atoms with van der Waals surface area (Å²) in [7, 11) is 1.61. The maximum atomic E-state index is 13.3. The van der Waals surface area contributed by atoms with Crippen LogP contribution >= 0.6 is 0 Å². The molecule has 0 radical (unpaired) electrons. The van der Waals surface area contributed by atoms with Gasteiger partial charge in [-0.1, -0.05) is 52.7 Å². The fourth-order valence-electron chi connectivity index (χ4n) is 4.53. The predicted octanol–water partition coefficient (Wildman–Crippen LogP) is 6.00. The molecule has 1 heterocycles. The lowest BCUT2D eigenvalue weighted by atomic mass is 9.84. The Morgan fingerprint density at radius 2 is 1.80 bits per heavy atom. The van der Waals surface area contributed by atoms with Gasteiger partial charge in [0.15, 0.2) is 0 Å². The number of carbonyl (C=O) groups is 2. The highest BCUT2D eigenvalue weighted by Gasteiger charge is 2.46. The number of unbranched alkanes of at least 4 members (excludes halogenated alkanes) is 2. The Labute approximate surface area is 208 Å². The lowest BCUT2D eigenvalue weighted by Gasteiger charge is -2.26. The smallest absolute Gasteiger partial charge is 0.295 e. The SMILES string of the molecule is CCCCCN1C(=O)C(=O)/C(=C(/O)c2ccc(OC)c(C(C)(C)C)c2)C1c1cccc(OCC)c1. The summed E-state index contributed by atoms with van der Waals surface area (Å²) in [6, 6.07) is 12.1. The molecule has 2 aromatic rings. The summed E-state index contributed by atoms with van der Waals surface area (Å²) in [6.07, 6.45) is 2.72. The van der Waals surface area contributed by atoms with E-state index in [1.165, 1.54) is 0 Å². The van der Waals surface area contributed by atoms with Crippen molar-refractivity contribution in [2.75, 3.05) is 20.3 Å². The first-order chi connectivity index (χ1) is 16.6. The molecule has 35 heavy (non-hydrogen) atoms. The van der Waals surface area contributed by atoms with Gasteiger partial charge in [0.05, 0.1) is 25.3 Å². The Balaban J connectivity index is 2.19. The number of amides is 1. The van der Waals surface area contributed by atoms with Crippen molar-refractivity contribution in [3.63, 3.8) is 0 Å². The third-order valence-corrected chi connectivity index (χ3v) is 6.31. The van der Waals surface area contributed by atoms with Gasteiger partial charge in [-0.05, 0) is 54.7 Å². The van der Waals surface area contributed by atoms with Crippen LogP contribution in [0.1, 0.15) is 76.6 Å². The van der Waals surface area contributed by atoms with Crippen LogP contribution in [0.25, 0.3) is 5.76 Å². The van der Waals surface area contributed by atoms with E-state index >= 15 is 0 Å². The van der Waals surface area contributed by atoms with Gasteiger partial charge in [0.1, 0.15) is 17.3 Å². The number of Topliss-reactive ketones (excluding diaryl/α,β-unsaturated/α-hetero) is 1. The first-order valence-electron chi connectivity index (χ1n) is 12.3. The lowest BCUT2D eigenvalue weighted by Crippen LogP contribution is -2.30. The summed E-state index contributed by atoms with van der Waals surface area (Å²) in [5, 5.41) is 11.5. The molecule has 188 valence electrons. The molecule has 2 aromatic carbocycles. The Hall–Kier alpha value is -3.28. The number of ketones is 1. The number of nitrogens with zero attached hydrogens (tertiary/aromatic N) is 1. The van der Waals surface area contributed by atoms with Crippen LogP contribution in [-0.4, -0.2) is 42.0 Å². The second-order valence-electron chi connectivity index (χ2n) is 9.87. The van der Waals surface area contributed by atoms with E-state index in [0.29, 0.717) is 30.2 Å². The summed E-state index contributed by atoms with van der Waals surface area (Å²) >= 11 is 0. The highest BCUT2D eigenvalue weighted by atomic mass is 16.5. The van der Waals surface area contributed by atoms with E-state index in [0.717, 1.165) is 30.4 Å².